The molecule has 93 heavy (non-hydrogen) atoms. The highest BCUT2D eigenvalue weighted by Crippen LogP contribution is 2.43. The molecule has 0 fully saturated rings. The van der Waals surface area contributed by atoms with Crippen LogP contribution in [-0.2, 0) is 32.7 Å². The first kappa shape index (κ1) is 89.2. The SMILES string of the molecule is CC/C=C\C/C=C\C/C=C\C/C=C\C/C=C\C/C=C\C/C=C\CCCCCCCCCCCC(=O)OC(COC(=O)CCCCCCCCCCCCCCCCCCCCCCCCCCCCCC/C=C\C/C=C\C/C=C\C/C=C\CC)COP(=O)(O)OCCN. The number of phosphoric ester groups is 1. The lowest BCUT2D eigenvalue weighted by Gasteiger charge is -2.19. The first-order valence-corrected chi connectivity index (χ1v) is 40.2. The van der Waals surface area contributed by atoms with E-state index >= 15 is 0 Å². The summed E-state index contributed by atoms with van der Waals surface area (Å²) in [6, 6.07) is 0. The Kier molecular flexibility index (Phi) is 74.0. The number of esters is 2. The maximum absolute atomic E-state index is 12.8. The lowest BCUT2D eigenvalue weighted by Crippen LogP contribution is -2.29. The Labute approximate surface area is 574 Å². The Balaban J connectivity index is 3.81. The van der Waals surface area contributed by atoms with Crippen LogP contribution < -0.4 is 5.73 Å². The second kappa shape index (κ2) is 77.2. The second-order valence-electron chi connectivity index (χ2n) is 25.5. The van der Waals surface area contributed by atoms with Crippen LogP contribution in [-0.4, -0.2) is 49.3 Å². The first-order chi connectivity index (χ1) is 45.8. The second-order valence-corrected chi connectivity index (χ2v) is 26.9. The van der Waals surface area contributed by atoms with Crippen LogP contribution in [0.15, 0.2) is 134 Å². The number of phosphoric acid groups is 1. The third kappa shape index (κ3) is 77.0. The Bertz CT molecular complexity index is 1990. The van der Waals surface area contributed by atoms with E-state index in [0.717, 1.165) is 116 Å². The van der Waals surface area contributed by atoms with E-state index in [0.29, 0.717) is 6.42 Å². The number of rotatable bonds is 72. The van der Waals surface area contributed by atoms with Gasteiger partial charge < -0.3 is 20.1 Å². The number of hydrogen-bond acceptors (Lipinski definition) is 8. The van der Waals surface area contributed by atoms with Gasteiger partial charge in [0.25, 0.3) is 0 Å². The molecule has 0 radical (unpaired) electrons. The van der Waals surface area contributed by atoms with Gasteiger partial charge in [-0.2, -0.15) is 0 Å². The van der Waals surface area contributed by atoms with Crippen LogP contribution in [0, 0.1) is 0 Å². The predicted molar refractivity (Wildman–Crippen MR) is 404 cm³/mol. The molecule has 534 valence electrons. The molecule has 0 saturated carbocycles. The van der Waals surface area contributed by atoms with Gasteiger partial charge in [-0.1, -0.05) is 359 Å². The highest BCUT2D eigenvalue weighted by atomic mass is 31.2. The third-order valence-electron chi connectivity index (χ3n) is 16.5. The van der Waals surface area contributed by atoms with E-state index in [1.54, 1.807) is 0 Å². The van der Waals surface area contributed by atoms with E-state index in [9.17, 15) is 19.0 Å². The smallest absolute Gasteiger partial charge is 0.462 e. The van der Waals surface area contributed by atoms with E-state index < -0.39 is 26.5 Å². The van der Waals surface area contributed by atoms with Gasteiger partial charge in [-0.15, -0.1) is 0 Å². The summed E-state index contributed by atoms with van der Waals surface area (Å²) in [6.07, 6.45) is 110. The van der Waals surface area contributed by atoms with Crippen LogP contribution in [0.3, 0.4) is 0 Å². The van der Waals surface area contributed by atoms with Crippen molar-refractivity contribution < 1.29 is 37.6 Å². The van der Waals surface area contributed by atoms with Gasteiger partial charge in [-0.3, -0.25) is 18.6 Å². The molecule has 9 nitrogen and oxygen atoms in total. The summed E-state index contributed by atoms with van der Waals surface area (Å²) in [4.78, 5) is 35.4. The summed E-state index contributed by atoms with van der Waals surface area (Å²) in [5, 5.41) is 0. The fourth-order valence-electron chi connectivity index (χ4n) is 10.9. The summed E-state index contributed by atoms with van der Waals surface area (Å²) in [6.45, 7) is 3.54. The maximum atomic E-state index is 12.8. The van der Waals surface area contributed by atoms with E-state index in [4.69, 9.17) is 24.3 Å². The Morgan fingerprint density at radius 2 is 0.559 bits per heavy atom. The number of carbonyl (C=O) groups is 2. The topological polar surface area (TPSA) is 134 Å². The molecule has 0 saturated heterocycles. The third-order valence-corrected chi connectivity index (χ3v) is 17.5. The molecule has 0 aliphatic rings. The van der Waals surface area contributed by atoms with Crippen molar-refractivity contribution in [3.8, 4) is 0 Å². The molecular weight excluding hydrogens is 1170 g/mol. The lowest BCUT2D eigenvalue weighted by molar-refractivity contribution is -0.161. The lowest BCUT2D eigenvalue weighted by atomic mass is 10.0. The minimum Gasteiger partial charge on any atom is -0.462 e. The van der Waals surface area contributed by atoms with E-state index in [1.807, 2.05) is 0 Å². The van der Waals surface area contributed by atoms with Gasteiger partial charge in [0, 0.05) is 19.4 Å². The van der Waals surface area contributed by atoms with Gasteiger partial charge in [0.1, 0.15) is 6.61 Å². The Morgan fingerprint density at radius 3 is 0.828 bits per heavy atom. The van der Waals surface area contributed by atoms with Crippen LogP contribution in [0.2, 0.25) is 0 Å². The quantitative estimate of drug-likeness (QED) is 0.0264. The summed E-state index contributed by atoms with van der Waals surface area (Å²) in [5.41, 5.74) is 5.41. The molecule has 3 N–H and O–H groups in total. The molecular formula is C83H144NO8P. The van der Waals surface area contributed by atoms with Crippen LogP contribution in [0.25, 0.3) is 0 Å². The minimum absolute atomic E-state index is 0.0486. The monoisotopic (exact) mass is 1310 g/mol. The van der Waals surface area contributed by atoms with Gasteiger partial charge in [0.05, 0.1) is 13.2 Å². The molecule has 0 aliphatic carbocycles. The summed E-state index contributed by atoms with van der Waals surface area (Å²) >= 11 is 0. The van der Waals surface area contributed by atoms with Crippen LogP contribution in [0.1, 0.15) is 348 Å². The van der Waals surface area contributed by atoms with Crippen molar-refractivity contribution in [3.05, 3.63) is 134 Å². The van der Waals surface area contributed by atoms with E-state index in [2.05, 4.69) is 148 Å². The fourth-order valence-corrected chi connectivity index (χ4v) is 11.7. The van der Waals surface area contributed by atoms with Crippen LogP contribution in [0.4, 0.5) is 0 Å². The van der Waals surface area contributed by atoms with Crippen LogP contribution >= 0.6 is 7.82 Å². The summed E-state index contributed by atoms with van der Waals surface area (Å²) in [5.74, 6) is -0.827. The van der Waals surface area contributed by atoms with Gasteiger partial charge in [0.2, 0.25) is 0 Å². The average molecular weight is 1320 g/mol. The Morgan fingerprint density at radius 1 is 0.323 bits per heavy atom. The summed E-state index contributed by atoms with van der Waals surface area (Å²) < 4.78 is 33.2. The number of allylic oxidation sites excluding steroid dienone is 22. The maximum Gasteiger partial charge on any atom is 0.472 e. The fraction of sp³-hybridized carbons (Fsp3) is 0.711. The number of carbonyl (C=O) groups excluding carboxylic acids is 2. The van der Waals surface area contributed by atoms with Gasteiger partial charge in [-0.05, 0) is 109 Å². The van der Waals surface area contributed by atoms with Gasteiger partial charge in [-0.25, -0.2) is 4.57 Å². The van der Waals surface area contributed by atoms with Crippen molar-refractivity contribution in [3.63, 3.8) is 0 Å². The van der Waals surface area contributed by atoms with Crippen molar-refractivity contribution in [1.82, 2.24) is 0 Å². The van der Waals surface area contributed by atoms with E-state index in [1.165, 1.54) is 199 Å². The molecule has 0 heterocycles. The molecule has 10 heteroatoms. The zero-order chi connectivity index (χ0) is 67.2. The molecule has 0 aromatic heterocycles. The Hall–Kier alpha value is -3.85. The van der Waals surface area contributed by atoms with Crippen molar-refractivity contribution in [2.24, 2.45) is 5.73 Å². The molecule has 0 aromatic rings. The van der Waals surface area contributed by atoms with Crippen molar-refractivity contribution in [2.45, 2.75) is 354 Å². The zero-order valence-electron chi connectivity index (χ0n) is 60.2. The molecule has 0 aliphatic heterocycles. The molecule has 0 rings (SSSR count). The zero-order valence-corrected chi connectivity index (χ0v) is 61.1. The molecule has 2 unspecified atom stereocenters. The molecule has 0 aromatic carbocycles. The normalized spacial score (nSPS) is 13.6. The first-order valence-electron chi connectivity index (χ1n) is 38.7. The number of unbranched alkanes of at least 4 members (excludes halogenated alkanes) is 37. The molecule has 0 spiro atoms. The summed E-state index contributed by atoms with van der Waals surface area (Å²) in [7, 11) is -4.40. The van der Waals surface area contributed by atoms with Crippen molar-refractivity contribution in [1.29, 1.82) is 0 Å². The van der Waals surface area contributed by atoms with Crippen LogP contribution in [0.5, 0.6) is 0 Å². The average Bonchev–Trinajstić information content (AvgIpc) is 3.70. The standard InChI is InChI=1S/C83H144NO8P/c1-3-5-7-9-11-13-15-17-19-21-23-25-27-29-31-33-35-36-37-38-39-40-41-42-43-44-46-47-49-51-53-55-57-59-61-63-65-67-69-71-73-75-82(85)89-79-81(80-91-93(87,88)90-78-77-84)92-83(86)76-74-72-70-68-66-64-62-60-58-56-54-52-50-48-45-34-32-30-28-26-24-22-20-18-16-14-12-10-8-6-4-2/h5-8,11-14,17-20,23-26,30,32,45,48,52,54,81H,3-4,9-10,15-16,21-22,27-29,31,33-44,46-47,49-51,53,55-80,84H2,1-2H3,(H,87,88)/b7-5-,8-6-,13-11-,14-12-,19-17-,20-18-,25-23-,26-24-,32-30-,48-45-,54-52-. The number of hydrogen-bond donors (Lipinski definition) is 2. The molecule has 0 amide bonds. The number of nitrogens with two attached hydrogens (primary N) is 1. The minimum atomic E-state index is -4.40. The molecule has 0 bridgehead atoms. The number of ether oxygens (including phenoxy) is 2. The van der Waals surface area contributed by atoms with E-state index in [-0.39, 0.29) is 38.6 Å². The largest absolute Gasteiger partial charge is 0.472 e. The highest BCUT2D eigenvalue weighted by molar-refractivity contribution is 7.47. The predicted octanol–water partition coefficient (Wildman–Crippen LogP) is 26.0. The van der Waals surface area contributed by atoms with Gasteiger partial charge in [0.15, 0.2) is 6.10 Å². The van der Waals surface area contributed by atoms with Gasteiger partial charge >= 0.3 is 19.8 Å². The van der Waals surface area contributed by atoms with Crippen molar-refractivity contribution in [2.75, 3.05) is 26.4 Å². The molecule has 2 atom stereocenters. The van der Waals surface area contributed by atoms with Crippen molar-refractivity contribution >= 4 is 19.8 Å². The highest BCUT2D eigenvalue weighted by Gasteiger charge is 2.26.